The van der Waals surface area contributed by atoms with Crippen LogP contribution in [0.1, 0.15) is 23.2 Å². The molecule has 1 atom stereocenters. The predicted molar refractivity (Wildman–Crippen MR) is 92.9 cm³/mol. The maximum absolute atomic E-state index is 11.9. The third-order valence-electron chi connectivity index (χ3n) is 3.82. The minimum Gasteiger partial charge on any atom is -0.491 e. The molecule has 0 aliphatic carbocycles. The number of ether oxygens (including phenoxy) is 3. The van der Waals surface area contributed by atoms with Crippen LogP contribution in [-0.4, -0.2) is 69.2 Å². The van der Waals surface area contributed by atoms with E-state index in [1.54, 1.807) is 38.4 Å². The quantitative estimate of drug-likeness (QED) is 0.679. The van der Waals surface area contributed by atoms with E-state index in [0.29, 0.717) is 17.9 Å². The van der Waals surface area contributed by atoms with Gasteiger partial charge in [-0.3, -0.25) is 9.59 Å². The van der Waals surface area contributed by atoms with Crippen LogP contribution in [0.25, 0.3) is 0 Å². The summed E-state index contributed by atoms with van der Waals surface area (Å²) in [6.07, 6.45) is 2.17. The number of likely N-dealkylation sites (N-methyl/N-ethyl adjacent to an activating group) is 1. The zero-order valence-electron chi connectivity index (χ0n) is 15.0. The van der Waals surface area contributed by atoms with Crippen LogP contribution in [0.4, 0.5) is 0 Å². The number of hydrogen-bond donors (Lipinski definition) is 1. The Morgan fingerprint density at radius 2 is 1.96 bits per heavy atom. The molecular weight excluding hydrogens is 340 g/mol. The Kier molecular flexibility index (Phi) is 7.40. The molecule has 1 N–H and O–H groups in total. The molecule has 2 rings (SSSR count). The van der Waals surface area contributed by atoms with E-state index in [9.17, 15) is 14.4 Å². The third-order valence-corrected chi connectivity index (χ3v) is 3.82. The Morgan fingerprint density at radius 3 is 2.58 bits per heavy atom. The SMILES string of the molecule is CN(C)C(=O)CNC(=O)COC(=O)c1ccc(OC[C@@H]2CCCO2)cc1. The average molecular weight is 364 g/mol. The molecule has 26 heavy (non-hydrogen) atoms. The predicted octanol–water partition coefficient (Wildman–Crippen LogP) is 0.606. The van der Waals surface area contributed by atoms with Crippen molar-refractivity contribution in [3.8, 4) is 5.75 Å². The van der Waals surface area contributed by atoms with Crippen LogP contribution in [-0.2, 0) is 19.1 Å². The molecule has 0 bridgehead atoms. The number of hydrogen-bond acceptors (Lipinski definition) is 6. The number of benzene rings is 1. The molecular formula is C18H24N2O6. The molecule has 0 saturated carbocycles. The lowest BCUT2D eigenvalue weighted by Crippen LogP contribution is -2.38. The zero-order chi connectivity index (χ0) is 18.9. The second kappa shape index (κ2) is 9.76. The molecule has 1 aliphatic rings. The van der Waals surface area contributed by atoms with Gasteiger partial charge in [-0.25, -0.2) is 4.79 Å². The van der Waals surface area contributed by atoms with E-state index < -0.39 is 18.5 Å². The summed E-state index contributed by atoms with van der Waals surface area (Å²) in [7, 11) is 3.17. The fourth-order valence-corrected chi connectivity index (χ4v) is 2.25. The lowest BCUT2D eigenvalue weighted by Gasteiger charge is -2.12. The van der Waals surface area contributed by atoms with E-state index in [0.717, 1.165) is 19.4 Å². The summed E-state index contributed by atoms with van der Waals surface area (Å²) < 4.78 is 16.0. The Hall–Kier alpha value is -2.61. The molecule has 1 aromatic rings. The van der Waals surface area contributed by atoms with Crippen molar-refractivity contribution in [3.05, 3.63) is 29.8 Å². The number of carbonyl (C=O) groups excluding carboxylic acids is 3. The molecule has 142 valence electrons. The van der Waals surface area contributed by atoms with Crippen molar-refractivity contribution >= 4 is 17.8 Å². The van der Waals surface area contributed by atoms with Crippen LogP contribution in [0, 0.1) is 0 Å². The fraction of sp³-hybridized carbons (Fsp3) is 0.500. The van der Waals surface area contributed by atoms with Gasteiger partial charge in [-0.15, -0.1) is 0 Å². The van der Waals surface area contributed by atoms with Gasteiger partial charge in [-0.2, -0.15) is 0 Å². The summed E-state index contributed by atoms with van der Waals surface area (Å²) in [6, 6.07) is 6.48. The first kappa shape index (κ1) is 19.7. The average Bonchev–Trinajstić information content (AvgIpc) is 3.16. The maximum Gasteiger partial charge on any atom is 0.338 e. The largest absolute Gasteiger partial charge is 0.491 e. The van der Waals surface area contributed by atoms with Crippen LogP contribution in [0.2, 0.25) is 0 Å². The van der Waals surface area contributed by atoms with Crippen LogP contribution >= 0.6 is 0 Å². The van der Waals surface area contributed by atoms with E-state index in [4.69, 9.17) is 14.2 Å². The highest BCUT2D eigenvalue weighted by Crippen LogP contribution is 2.17. The molecule has 8 heteroatoms. The van der Waals surface area contributed by atoms with E-state index >= 15 is 0 Å². The van der Waals surface area contributed by atoms with Crippen molar-refractivity contribution < 1.29 is 28.6 Å². The molecule has 0 spiro atoms. The summed E-state index contributed by atoms with van der Waals surface area (Å²) in [6.45, 7) is 0.669. The third kappa shape index (κ3) is 6.36. The standard InChI is InChI=1S/C18H24N2O6/c1-20(2)17(22)10-19-16(21)12-26-18(23)13-5-7-14(8-6-13)25-11-15-4-3-9-24-15/h5-8,15H,3-4,9-12H2,1-2H3,(H,19,21)/t15-/m0/s1. The fourth-order valence-electron chi connectivity index (χ4n) is 2.25. The Balaban J connectivity index is 1.71. The number of rotatable bonds is 8. The maximum atomic E-state index is 11.9. The molecule has 0 unspecified atom stereocenters. The Bertz CT molecular complexity index is 623. The van der Waals surface area contributed by atoms with E-state index in [1.165, 1.54) is 4.90 Å². The molecule has 0 radical (unpaired) electrons. The summed E-state index contributed by atoms with van der Waals surface area (Å²) in [5.41, 5.74) is 0.312. The van der Waals surface area contributed by atoms with Gasteiger partial charge in [-0.05, 0) is 37.1 Å². The van der Waals surface area contributed by atoms with Crippen molar-refractivity contribution in [2.45, 2.75) is 18.9 Å². The van der Waals surface area contributed by atoms with E-state index in [-0.39, 0.29) is 18.6 Å². The van der Waals surface area contributed by atoms with E-state index in [1.807, 2.05) is 0 Å². The second-order valence-electron chi connectivity index (χ2n) is 6.11. The van der Waals surface area contributed by atoms with Crippen LogP contribution in [0.3, 0.4) is 0 Å². The van der Waals surface area contributed by atoms with Gasteiger partial charge in [0.05, 0.1) is 18.2 Å². The first-order valence-electron chi connectivity index (χ1n) is 8.44. The highest BCUT2D eigenvalue weighted by Gasteiger charge is 2.16. The first-order valence-corrected chi connectivity index (χ1v) is 8.44. The smallest absolute Gasteiger partial charge is 0.338 e. The molecule has 1 aliphatic heterocycles. The van der Waals surface area contributed by atoms with Crippen LogP contribution < -0.4 is 10.1 Å². The Morgan fingerprint density at radius 1 is 1.23 bits per heavy atom. The van der Waals surface area contributed by atoms with Gasteiger partial charge in [0.2, 0.25) is 5.91 Å². The molecule has 1 saturated heterocycles. The zero-order valence-corrected chi connectivity index (χ0v) is 15.0. The lowest BCUT2D eigenvalue weighted by atomic mass is 10.2. The highest BCUT2D eigenvalue weighted by atomic mass is 16.5. The monoisotopic (exact) mass is 364 g/mol. The van der Waals surface area contributed by atoms with Gasteiger partial charge in [0.25, 0.3) is 5.91 Å². The molecule has 2 amide bonds. The minimum atomic E-state index is -0.621. The number of esters is 1. The summed E-state index contributed by atoms with van der Waals surface area (Å²) in [5.74, 6) is -0.768. The highest BCUT2D eigenvalue weighted by molar-refractivity contribution is 5.92. The number of carbonyl (C=O) groups is 3. The van der Waals surface area contributed by atoms with Gasteiger partial charge in [0, 0.05) is 20.7 Å². The molecule has 1 aromatic carbocycles. The molecule has 0 aromatic heterocycles. The van der Waals surface area contributed by atoms with Crippen LogP contribution in [0.15, 0.2) is 24.3 Å². The topological polar surface area (TPSA) is 94.2 Å². The number of nitrogens with one attached hydrogen (secondary N) is 1. The van der Waals surface area contributed by atoms with Gasteiger partial charge >= 0.3 is 5.97 Å². The molecule has 1 heterocycles. The number of amides is 2. The van der Waals surface area contributed by atoms with Crippen molar-refractivity contribution in [1.82, 2.24) is 10.2 Å². The summed E-state index contributed by atoms with van der Waals surface area (Å²) in [4.78, 5) is 36.2. The number of nitrogens with zero attached hydrogens (tertiary/aromatic N) is 1. The lowest BCUT2D eigenvalue weighted by molar-refractivity contribution is -0.131. The van der Waals surface area contributed by atoms with Gasteiger partial charge in [-0.1, -0.05) is 0 Å². The first-order chi connectivity index (χ1) is 12.5. The van der Waals surface area contributed by atoms with Gasteiger partial charge < -0.3 is 24.4 Å². The van der Waals surface area contributed by atoms with Crippen molar-refractivity contribution in [2.24, 2.45) is 0 Å². The van der Waals surface area contributed by atoms with Crippen molar-refractivity contribution in [1.29, 1.82) is 0 Å². The summed E-state index contributed by atoms with van der Waals surface area (Å²) in [5, 5.41) is 2.38. The van der Waals surface area contributed by atoms with Crippen molar-refractivity contribution in [2.75, 3.05) is 40.5 Å². The second-order valence-corrected chi connectivity index (χ2v) is 6.11. The molecule has 1 fully saturated rings. The van der Waals surface area contributed by atoms with Crippen LogP contribution in [0.5, 0.6) is 5.75 Å². The van der Waals surface area contributed by atoms with E-state index in [2.05, 4.69) is 5.32 Å². The normalized spacial score (nSPS) is 16.0. The Labute approximate surface area is 152 Å². The van der Waals surface area contributed by atoms with Crippen molar-refractivity contribution in [3.63, 3.8) is 0 Å². The summed E-state index contributed by atoms with van der Waals surface area (Å²) >= 11 is 0. The minimum absolute atomic E-state index is 0.123. The van der Waals surface area contributed by atoms with Gasteiger partial charge in [0.15, 0.2) is 6.61 Å². The molecule has 8 nitrogen and oxygen atoms in total. The van der Waals surface area contributed by atoms with Gasteiger partial charge in [0.1, 0.15) is 12.4 Å².